The van der Waals surface area contributed by atoms with E-state index >= 15 is 0 Å². The van der Waals surface area contributed by atoms with Crippen LogP contribution in [0.1, 0.15) is 13.8 Å². The molecule has 2 unspecified atom stereocenters. The Morgan fingerprint density at radius 1 is 1.00 bits per heavy atom. The zero-order valence-corrected chi connectivity index (χ0v) is 9.78. The van der Waals surface area contributed by atoms with Gasteiger partial charge in [0.15, 0.2) is 0 Å². The van der Waals surface area contributed by atoms with E-state index in [1.165, 1.54) is 0 Å². The molecular formula is C12H13N2P. The Morgan fingerprint density at radius 3 is 1.87 bits per heavy atom. The molecule has 1 rings (SSSR count). The molecule has 15 heavy (non-hydrogen) atoms. The molecule has 2 nitrogen and oxygen atoms in total. The van der Waals surface area contributed by atoms with E-state index in [1.807, 2.05) is 44.2 Å². The van der Waals surface area contributed by atoms with Gasteiger partial charge in [-0.05, 0) is 27.1 Å². The molecule has 0 aliphatic rings. The molecule has 2 atom stereocenters. The lowest BCUT2D eigenvalue weighted by molar-refractivity contribution is 1.15. The van der Waals surface area contributed by atoms with Crippen molar-refractivity contribution in [2.75, 3.05) is 0 Å². The van der Waals surface area contributed by atoms with Gasteiger partial charge in [-0.1, -0.05) is 30.3 Å². The van der Waals surface area contributed by atoms with Crippen LogP contribution in [0.4, 0.5) is 0 Å². The molecule has 0 aliphatic heterocycles. The van der Waals surface area contributed by atoms with Gasteiger partial charge in [0.05, 0.1) is 23.5 Å². The lowest BCUT2D eigenvalue weighted by Gasteiger charge is -2.22. The fraction of sp³-hybridized carbons (Fsp3) is 0.333. The molecule has 0 N–H and O–H groups in total. The Morgan fingerprint density at radius 2 is 1.47 bits per heavy atom. The topological polar surface area (TPSA) is 47.6 Å². The summed E-state index contributed by atoms with van der Waals surface area (Å²) in [4.78, 5) is 0. The molecule has 0 saturated carbocycles. The van der Waals surface area contributed by atoms with Crippen LogP contribution in [0.15, 0.2) is 30.3 Å². The minimum atomic E-state index is -0.701. The van der Waals surface area contributed by atoms with E-state index in [-0.39, 0.29) is 11.3 Å². The van der Waals surface area contributed by atoms with Crippen LogP contribution in [-0.4, -0.2) is 11.3 Å². The smallest absolute Gasteiger partial charge is 0.0703 e. The average Bonchev–Trinajstić information content (AvgIpc) is 2.30. The fourth-order valence-electron chi connectivity index (χ4n) is 1.51. The first-order chi connectivity index (χ1) is 7.20. The molecule has 0 spiro atoms. The number of nitrogens with zero attached hydrogens (tertiary/aromatic N) is 2. The summed E-state index contributed by atoms with van der Waals surface area (Å²) in [6.45, 7) is 3.79. The standard InChI is InChI=1S/C12H13N2P/c1-10(8-13)15(11(2)9-14)12-6-4-3-5-7-12/h3-7,10-11H,1-2H3. The van der Waals surface area contributed by atoms with E-state index in [4.69, 9.17) is 10.5 Å². The predicted molar refractivity (Wildman–Crippen MR) is 63.1 cm³/mol. The van der Waals surface area contributed by atoms with Crippen LogP contribution in [-0.2, 0) is 0 Å². The normalized spacial score (nSPS) is 15.7. The molecule has 1 aromatic carbocycles. The minimum Gasteiger partial charge on any atom is -0.198 e. The number of benzene rings is 1. The van der Waals surface area contributed by atoms with Crippen molar-refractivity contribution in [3.8, 4) is 12.1 Å². The van der Waals surface area contributed by atoms with Crippen molar-refractivity contribution >= 4 is 13.2 Å². The third-order valence-electron chi connectivity index (χ3n) is 2.26. The zero-order valence-electron chi connectivity index (χ0n) is 8.88. The van der Waals surface area contributed by atoms with Crippen LogP contribution in [0.2, 0.25) is 0 Å². The Labute approximate surface area is 91.9 Å². The van der Waals surface area contributed by atoms with Gasteiger partial charge >= 0.3 is 0 Å². The summed E-state index contributed by atoms with van der Waals surface area (Å²) in [6, 6.07) is 14.4. The Kier molecular flexibility index (Phi) is 4.29. The molecule has 0 bridgehead atoms. The van der Waals surface area contributed by atoms with Crippen molar-refractivity contribution in [2.24, 2.45) is 0 Å². The second-order valence-corrected chi connectivity index (χ2v) is 6.23. The molecular weight excluding hydrogens is 203 g/mol. The van der Waals surface area contributed by atoms with Gasteiger partial charge in [0, 0.05) is 0 Å². The maximum Gasteiger partial charge on any atom is 0.0703 e. The average molecular weight is 216 g/mol. The van der Waals surface area contributed by atoms with Gasteiger partial charge in [-0.25, -0.2) is 0 Å². The molecule has 1 aromatic rings. The van der Waals surface area contributed by atoms with Gasteiger partial charge in [0.25, 0.3) is 0 Å². The lowest BCUT2D eigenvalue weighted by Crippen LogP contribution is -2.16. The van der Waals surface area contributed by atoms with E-state index in [2.05, 4.69) is 12.1 Å². The quantitative estimate of drug-likeness (QED) is 0.729. The fourth-order valence-corrected chi connectivity index (χ4v) is 3.84. The van der Waals surface area contributed by atoms with Crippen LogP contribution < -0.4 is 5.30 Å². The number of hydrogen-bond donors (Lipinski definition) is 0. The third kappa shape index (κ3) is 2.79. The highest BCUT2D eigenvalue weighted by molar-refractivity contribution is 7.67. The molecule has 0 saturated heterocycles. The summed E-state index contributed by atoms with van der Waals surface area (Å²) in [5, 5.41) is 19.1. The monoisotopic (exact) mass is 216 g/mol. The first kappa shape index (κ1) is 11.7. The molecule has 3 heteroatoms. The van der Waals surface area contributed by atoms with E-state index in [9.17, 15) is 0 Å². The highest BCUT2D eigenvalue weighted by atomic mass is 31.1. The van der Waals surface area contributed by atoms with Gasteiger partial charge in [0.2, 0.25) is 0 Å². The number of rotatable bonds is 3. The summed E-state index contributed by atoms with van der Waals surface area (Å²) >= 11 is 0. The van der Waals surface area contributed by atoms with Gasteiger partial charge < -0.3 is 0 Å². The van der Waals surface area contributed by atoms with E-state index in [0.29, 0.717) is 0 Å². The Hall–Kier alpha value is -1.37. The second kappa shape index (κ2) is 5.50. The molecule has 0 amide bonds. The predicted octanol–water partition coefficient (Wildman–Crippen LogP) is 2.62. The SMILES string of the molecule is CC(C#N)P(c1ccccc1)C(C)C#N. The second-order valence-electron chi connectivity index (χ2n) is 3.35. The van der Waals surface area contributed by atoms with Crippen LogP contribution in [0.5, 0.6) is 0 Å². The summed E-state index contributed by atoms with van der Waals surface area (Å²) < 4.78 is 0. The maximum absolute atomic E-state index is 8.97. The zero-order chi connectivity index (χ0) is 11.3. The molecule has 0 radical (unpaired) electrons. The maximum atomic E-state index is 8.97. The van der Waals surface area contributed by atoms with Crippen LogP contribution in [0, 0.1) is 22.7 Å². The summed E-state index contributed by atoms with van der Waals surface area (Å²) in [6.07, 6.45) is 0. The van der Waals surface area contributed by atoms with Crippen LogP contribution in [0.3, 0.4) is 0 Å². The summed E-state index contributed by atoms with van der Waals surface area (Å²) in [7, 11) is -0.701. The summed E-state index contributed by atoms with van der Waals surface area (Å²) in [5.74, 6) is 0. The Bertz CT molecular complexity index is 368. The number of hydrogen-bond acceptors (Lipinski definition) is 2. The van der Waals surface area contributed by atoms with Crippen molar-refractivity contribution in [3.05, 3.63) is 30.3 Å². The first-order valence-electron chi connectivity index (χ1n) is 4.83. The largest absolute Gasteiger partial charge is 0.198 e. The lowest BCUT2D eigenvalue weighted by atomic mass is 10.4. The molecule has 0 heterocycles. The van der Waals surface area contributed by atoms with Crippen LogP contribution >= 0.6 is 7.92 Å². The van der Waals surface area contributed by atoms with Crippen LogP contribution in [0.25, 0.3) is 0 Å². The van der Waals surface area contributed by atoms with E-state index < -0.39 is 7.92 Å². The summed E-state index contributed by atoms with van der Waals surface area (Å²) in [5.41, 5.74) is -0.144. The van der Waals surface area contributed by atoms with E-state index in [0.717, 1.165) is 5.30 Å². The highest BCUT2D eigenvalue weighted by Gasteiger charge is 2.24. The van der Waals surface area contributed by atoms with Gasteiger partial charge in [-0.15, -0.1) is 0 Å². The van der Waals surface area contributed by atoms with Crippen molar-refractivity contribution in [2.45, 2.75) is 25.2 Å². The van der Waals surface area contributed by atoms with Crippen molar-refractivity contribution in [1.82, 2.24) is 0 Å². The molecule has 0 aromatic heterocycles. The molecule has 0 aliphatic carbocycles. The highest BCUT2D eigenvalue weighted by Crippen LogP contribution is 2.44. The Balaban J connectivity index is 3.04. The van der Waals surface area contributed by atoms with Gasteiger partial charge in [-0.3, -0.25) is 0 Å². The van der Waals surface area contributed by atoms with Crippen molar-refractivity contribution in [3.63, 3.8) is 0 Å². The van der Waals surface area contributed by atoms with Crippen molar-refractivity contribution in [1.29, 1.82) is 10.5 Å². The third-order valence-corrected chi connectivity index (χ3v) is 5.06. The first-order valence-corrected chi connectivity index (χ1v) is 6.31. The number of nitriles is 2. The minimum absolute atomic E-state index is 0.0722. The molecule has 0 fully saturated rings. The van der Waals surface area contributed by atoms with Crippen molar-refractivity contribution < 1.29 is 0 Å². The van der Waals surface area contributed by atoms with Gasteiger partial charge in [-0.2, -0.15) is 10.5 Å². The van der Waals surface area contributed by atoms with Gasteiger partial charge in [0.1, 0.15) is 0 Å². The van der Waals surface area contributed by atoms with E-state index in [1.54, 1.807) is 0 Å². The molecule has 76 valence electrons.